The number of carbonyl (C=O) groups is 3. The van der Waals surface area contributed by atoms with Crippen molar-refractivity contribution in [2.24, 2.45) is 0 Å². The molecule has 1 aliphatic rings. The standard InChI is InChI=1S/C22H18FN3O5S2/c1-2-11-25-33(30,31)17-9-7-15(8-10-17)20(27)24-12-13-26-21(28)19(32-22(26)29)14-16-5-3-4-6-18(16)23/h1,3-10,14,25H,11-13H2,(H,24,27)/b19-14-. The van der Waals surface area contributed by atoms with Gasteiger partial charge in [0, 0.05) is 24.2 Å². The molecule has 1 aliphatic heterocycles. The Morgan fingerprint density at radius 2 is 1.85 bits per heavy atom. The highest BCUT2D eigenvalue weighted by Crippen LogP contribution is 2.32. The van der Waals surface area contributed by atoms with Gasteiger partial charge < -0.3 is 5.32 Å². The first-order valence-electron chi connectivity index (χ1n) is 9.54. The van der Waals surface area contributed by atoms with E-state index >= 15 is 0 Å². The summed E-state index contributed by atoms with van der Waals surface area (Å²) in [6.45, 7) is -0.255. The van der Waals surface area contributed by atoms with Crippen LogP contribution in [0.3, 0.4) is 0 Å². The van der Waals surface area contributed by atoms with Crippen molar-refractivity contribution in [3.8, 4) is 12.3 Å². The van der Waals surface area contributed by atoms with Crippen molar-refractivity contribution in [2.45, 2.75) is 4.90 Å². The van der Waals surface area contributed by atoms with Gasteiger partial charge in [-0.3, -0.25) is 19.3 Å². The fourth-order valence-corrected chi connectivity index (χ4v) is 4.61. The average molecular weight is 488 g/mol. The maximum absolute atomic E-state index is 13.8. The first-order chi connectivity index (χ1) is 15.7. The van der Waals surface area contributed by atoms with E-state index in [9.17, 15) is 27.2 Å². The molecule has 8 nitrogen and oxygen atoms in total. The van der Waals surface area contributed by atoms with Crippen LogP contribution in [-0.4, -0.2) is 50.0 Å². The molecule has 3 rings (SSSR count). The van der Waals surface area contributed by atoms with Gasteiger partial charge in [-0.25, -0.2) is 12.8 Å². The summed E-state index contributed by atoms with van der Waals surface area (Å²) in [5.41, 5.74) is 0.385. The Balaban J connectivity index is 1.57. The molecule has 2 aromatic carbocycles. The number of nitrogens with one attached hydrogen (secondary N) is 2. The molecule has 1 fully saturated rings. The highest BCUT2D eigenvalue weighted by atomic mass is 32.2. The van der Waals surface area contributed by atoms with Gasteiger partial charge in [-0.15, -0.1) is 6.42 Å². The van der Waals surface area contributed by atoms with Gasteiger partial charge in [-0.05, 0) is 48.2 Å². The van der Waals surface area contributed by atoms with Crippen LogP contribution in [0.4, 0.5) is 9.18 Å². The molecule has 0 unspecified atom stereocenters. The molecule has 1 heterocycles. The summed E-state index contributed by atoms with van der Waals surface area (Å²) in [5, 5.41) is 2.05. The van der Waals surface area contributed by atoms with Crippen LogP contribution in [0, 0.1) is 18.2 Å². The van der Waals surface area contributed by atoms with E-state index in [1.165, 1.54) is 48.5 Å². The van der Waals surface area contributed by atoms with Gasteiger partial charge in [0.15, 0.2) is 0 Å². The van der Waals surface area contributed by atoms with E-state index in [1.54, 1.807) is 6.07 Å². The third-order valence-electron chi connectivity index (χ3n) is 4.48. The van der Waals surface area contributed by atoms with E-state index in [1.807, 2.05) is 0 Å². The number of hydrogen-bond donors (Lipinski definition) is 2. The minimum absolute atomic E-state index is 0.0202. The second kappa shape index (κ2) is 10.4. The first-order valence-corrected chi connectivity index (χ1v) is 11.8. The zero-order valence-corrected chi connectivity index (χ0v) is 18.7. The molecule has 33 heavy (non-hydrogen) atoms. The molecule has 2 N–H and O–H groups in total. The number of carbonyl (C=O) groups excluding carboxylic acids is 3. The van der Waals surface area contributed by atoms with Crippen LogP contribution < -0.4 is 10.0 Å². The monoisotopic (exact) mass is 487 g/mol. The van der Waals surface area contributed by atoms with Crippen molar-refractivity contribution in [3.63, 3.8) is 0 Å². The summed E-state index contributed by atoms with van der Waals surface area (Å²) < 4.78 is 40.0. The fourth-order valence-electron chi connectivity index (χ4n) is 2.81. The van der Waals surface area contributed by atoms with Crippen molar-refractivity contribution >= 4 is 44.9 Å². The number of nitrogens with zero attached hydrogens (tertiary/aromatic N) is 1. The average Bonchev–Trinajstić information content (AvgIpc) is 3.06. The number of halogens is 1. The van der Waals surface area contributed by atoms with Crippen LogP contribution in [0.1, 0.15) is 15.9 Å². The Morgan fingerprint density at radius 1 is 1.15 bits per heavy atom. The molecule has 0 radical (unpaired) electrons. The third-order valence-corrected chi connectivity index (χ3v) is 6.80. The molecular weight excluding hydrogens is 469 g/mol. The minimum atomic E-state index is -3.77. The molecule has 0 aromatic heterocycles. The van der Waals surface area contributed by atoms with Gasteiger partial charge in [0.1, 0.15) is 5.82 Å². The largest absolute Gasteiger partial charge is 0.350 e. The van der Waals surface area contributed by atoms with Gasteiger partial charge >= 0.3 is 0 Å². The van der Waals surface area contributed by atoms with Crippen LogP contribution in [0.25, 0.3) is 6.08 Å². The molecule has 0 atom stereocenters. The number of rotatable bonds is 8. The number of benzene rings is 2. The Morgan fingerprint density at radius 3 is 2.52 bits per heavy atom. The Hall–Kier alpha value is -3.46. The summed E-state index contributed by atoms with van der Waals surface area (Å²) >= 11 is 0.694. The van der Waals surface area contributed by atoms with Crippen molar-refractivity contribution < 1.29 is 27.2 Å². The number of amides is 3. The van der Waals surface area contributed by atoms with Crippen LogP contribution in [0.15, 0.2) is 58.3 Å². The Bertz CT molecular complexity index is 1270. The summed E-state index contributed by atoms with van der Waals surface area (Å²) in [6, 6.07) is 11.1. The molecule has 170 valence electrons. The fraction of sp³-hybridized carbons (Fsp3) is 0.136. The van der Waals surface area contributed by atoms with Crippen molar-refractivity contribution in [1.29, 1.82) is 0 Å². The molecule has 11 heteroatoms. The summed E-state index contributed by atoms with van der Waals surface area (Å²) in [7, 11) is -3.77. The predicted molar refractivity (Wildman–Crippen MR) is 122 cm³/mol. The minimum Gasteiger partial charge on any atom is -0.350 e. The topological polar surface area (TPSA) is 113 Å². The zero-order valence-electron chi connectivity index (χ0n) is 17.1. The Kier molecular flexibility index (Phi) is 7.65. The molecule has 0 saturated carbocycles. The predicted octanol–water partition coefficient (Wildman–Crippen LogP) is 2.20. The van der Waals surface area contributed by atoms with Crippen molar-refractivity contribution in [3.05, 3.63) is 70.4 Å². The van der Waals surface area contributed by atoms with E-state index < -0.39 is 32.9 Å². The van der Waals surface area contributed by atoms with Crippen LogP contribution in [0.5, 0.6) is 0 Å². The van der Waals surface area contributed by atoms with Crippen LogP contribution in [0.2, 0.25) is 0 Å². The number of thioether (sulfide) groups is 1. The Labute approximate surface area is 194 Å². The molecule has 0 aliphatic carbocycles. The highest BCUT2D eigenvalue weighted by molar-refractivity contribution is 8.18. The quantitative estimate of drug-likeness (QED) is 0.436. The smallest absolute Gasteiger partial charge is 0.293 e. The number of hydrogen-bond acceptors (Lipinski definition) is 6. The van der Waals surface area contributed by atoms with Gasteiger partial charge in [0.05, 0.1) is 16.3 Å². The molecular formula is C22H18FN3O5S2. The van der Waals surface area contributed by atoms with E-state index in [4.69, 9.17) is 6.42 Å². The zero-order chi connectivity index (χ0) is 24.0. The van der Waals surface area contributed by atoms with Crippen LogP contribution >= 0.6 is 11.8 Å². The number of terminal acetylenes is 1. The SMILES string of the molecule is C#CCNS(=O)(=O)c1ccc(C(=O)NCCN2C(=O)S/C(=C\c3ccccc3F)C2=O)cc1. The van der Waals surface area contributed by atoms with E-state index in [0.717, 1.165) is 4.90 Å². The molecule has 0 spiro atoms. The van der Waals surface area contributed by atoms with Gasteiger partial charge in [-0.1, -0.05) is 24.1 Å². The maximum Gasteiger partial charge on any atom is 0.293 e. The van der Waals surface area contributed by atoms with Crippen LogP contribution in [-0.2, 0) is 14.8 Å². The van der Waals surface area contributed by atoms with Crippen molar-refractivity contribution in [1.82, 2.24) is 14.9 Å². The lowest BCUT2D eigenvalue weighted by molar-refractivity contribution is -0.122. The molecule has 1 saturated heterocycles. The van der Waals surface area contributed by atoms with E-state index in [0.29, 0.717) is 11.8 Å². The second-order valence-electron chi connectivity index (χ2n) is 6.66. The lowest BCUT2D eigenvalue weighted by Gasteiger charge is -2.13. The van der Waals surface area contributed by atoms with Gasteiger partial charge in [0.2, 0.25) is 10.0 Å². The van der Waals surface area contributed by atoms with Crippen molar-refractivity contribution in [2.75, 3.05) is 19.6 Å². The molecule has 3 amide bonds. The molecule has 2 aromatic rings. The van der Waals surface area contributed by atoms with Gasteiger partial charge in [-0.2, -0.15) is 4.72 Å². The lowest BCUT2D eigenvalue weighted by Crippen LogP contribution is -2.37. The summed E-state index contributed by atoms with van der Waals surface area (Å²) in [5.74, 6) is 0.571. The third kappa shape index (κ3) is 5.87. The highest BCUT2D eigenvalue weighted by Gasteiger charge is 2.34. The second-order valence-corrected chi connectivity index (χ2v) is 9.42. The first kappa shape index (κ1) is 24.2. The van der Waals surface area contributed by atoms with E-state index in [2.05, 4.69) is 16.0 Å². The van der Waals surface area contributed by atoms with Gasteiger partial charge in [0.25, 0.3) is 17.1 Å². The summed E-state index contributed by atoms with van der Waals surface area (Å²) in [4.78, 5) is 38.0. The van der Waals surface area contributed by atoms with E-state index in [-0.39, 0.29) is 40.6 Å². The summed E-state index contributed by atoms with van der Waals surface area (Å²) in [6.07, 6.45) is 6.35. The lowest BCUT2D eigenvalue weighted by atomic mass is 10.2. The normalized spacial score (nSPS) is 15.0. The molecule has 0 bridgehead atoms. The maximum atomic E-state index is 13.8. The number of imide groups is 1. The number of sulfonamides is 1.